The van der Waals surface area contributed by atoms with Crippen LogP contribution in [0.15, 0.2) is 71.3 Å². The van der Waals surface area contributed by atoms with Gasteiger partial charge in [0, 0.05) is 36.9 Å². The Bertz CT molecular complexity index is 1450. The number of aryl methyl sites for hydroxylation is 1. The van der Waals surface area contributed by atoms with Crippen LogP contribution in [0.1, 0.15) is 22.0 Å². The molecular formula is C26H24ClN5O2S. The quantitative estimate of drug-likeness (QED) is 0.334. The molecule has 178 valence electrons. The van der Waals surface area contributed by atoms with Gasteiger partial charge in [-0.05, 0) is 42.8 Å². The largest absolute Gasteiger partial charge is 0.492 e. The van der Waals surface area contributed by atoms with Crippen molar-refractivity contribution in [2.45, 2.75) is 13.0 Å². The van der Waals surface area contributed by atoms with E-state index in [0.29, 0.717) is 16.5 Å². The zero-order valence-electron chi connectivity index (χ0n) is 19.1. The van der Waals surface area contributed by atoms with Crippen LogP contribution in [0.5, 0.6) is 5.88 Å². The molecule has 0 amide bonds. The van der Waals surface area contributed by atoms with Crippen LogP contribution in [0.25, 0.3) is 16.5 Å². The number of aromatic hydroxyl groups is 1. The first-order valence-corrected chi connectivity index (χ1v) is 12.7. The number of halogens is 1. The van der Waals surface area contributed by atoms with Crippen molar-refractivity contribution in [2.24, 2.45) is 0 Å². The van der Waals surface area contributed by atoms with Crippen LogP contribution in [0.2, 0.25) is 5.02 Å². The number of hydrogen-bond donors (Lipinski definition) is 1. The Morgan fingerprint density at radius 1 is 1.03 bits per heavy atom. The van der Waals surface area contributed by atoms with E-state index in [0.717, 1.165) is 47.3 Å². The van der Waals surface area contributed by atoms with Crippen molar-refractivity contribution >= 4 is 33.6 Å². The molecule has 3 aromatic heterocycles. The van der Waals surface area contributed by atoms with Crippen molar-refractivity contribution in [3.8, 4) is 17.5 Å². The highest BCUT2D eigenvalue weighted by Crippen LogP contribution is 2.41. The molecule has 0 bridgehead atoms. The maximum absolute atomic E-state index is 11.3. The first-order valence-electron chi connectivity index (χ1n) is 11.5. The van der Waals surface area contributed by atoms with E-state index in [2.05, 4.69) is 57.1 Å². The summed E-state index contributed by atoms with van der Waals surface area (Å²) in [6, 6.07) is 20.0. The minimum atomic E-state index is -0.0994. The zero-order chi connectivity index (χ0) is 23.9. The Balaban J connectivity index is 1.33. The van der Waals surface area contributed by atoms with Gasteiger partial charge in [0.15, 0.2) is 5.76 Å². The zero-order valence-corrected chi connectivity index (χ0v) is 20.7. The Morgan fingerprint density at radius 2 is 1.83 bits per heavy atom. The fourth-order valence-corrected chi connectivity index (χ4v) is 5.93. The summed E-state index contributed by atoms with van der Waals surface area (Å²) in [5.74, 6) is 1.16. The Labute approximate surface area is 211 Å². The fraction of sp³-hybridized carbons (Fsp3) is 0.231. The van der Waals surface area contributed by atoms with Gasteiger partial charge in [0.1, 0.15) is 0 Å². The van der Waals surface area contributed by atoms with Gasteiger partial charge >= 0.3 is 0 Å². The molecule has 4 heterocycles. The molecule has 1 unspecified atom stereocenters. The Hall–Kier alpha value is -3.33. The molecule has 5 aromatic rings. The molecular weight excluding hydrogens is 482 g/mol. The van der Waals surface area contributed by atoms with Crippen LogP contribution in [0.4, 0.5) is 5.69 Å². The number of nitrogens with zero attached hydrogens (tertiary/aromatic N) is 5. The topological polar surface area (TPSA) is 70.0 Å². The number of benzene rings is 2. The Morgan fingerprint density at radius 3 is 2.51 bits per heavy atom. The Kier molecular flexibility index (Phi) is 5.72. The molecule has 1 aliphatic heterocycles. The van der Waals surface area contributed by atoms with Gasteiger partial charge in [-0.3, -0.25) is 4.90 Å². The lowest BCUT2D eigenvalue weighted by molar-refractivity contribution is 0.211. The van der Waals surface area contributed by atoms with Gasteiger partial charge in [0.05, 0.1) is 17.2 Å². The first-order chi connectivity index (χ1) is 17.1. The van der Waals surface area contributed by atoms with Gasteiger partial charge in [-0.15, -0.1) is 5.10 Å². The van der Waals surface area contributed by atoms with Crippen LogP contribution >= 0.6 is 22.9 Å². The van der Waals surface area contributed by atoms with E-state index in [9.17, 15) is 5.11 Å². The SMILES string of the molecule is Cc1ccc(C(c2sc3nc(-c4ccco4)nn3c2O)N2CCN(c3cccc(Cl)c3)CC2)cc1. The van der Waals surface area contributed by atoms with Crippen LogP contribution in [0, 0.1) is 6.92 Å². The second kappa shape index (κ2) is 9.03. The van der Waals surface area contributed by atoms with Crippen molar-refractivity contribution in [3.05, 3.63) is 88.0 Å². The maximum atomic E-state index is 11.3. The van der Waals surface area contributed by atoms with Crippen molar-refractivity contribution < 1.29 is 9.52 Å². The number of rotatable bonds is 5. The standard InChI is InChI=1S/C26H24ClN5O2S/c1-17-7-9-18(10-8-17)22(31-13-11-30(12-14-31)20-5-2-4-19(27)16-20)23-25(33)32-26(35-23)28-24(29-32)21-6-3-15-34-21/h2-10,15-16,22,33H,11-14H2,1H3. The summed E-state index contributed by atoms with van der Waals surface area (Å²) in [7, 11) is 0. The molecule has 6 rings (SSSR count). The van der Waals surface area contributed by atoms with E-state index >= 15 is 0 Å². The minimum Gasteiger partial charge on any atom is -0.492 e. The number of aromatic nitrogens is 3. The average molecular weight is 506 g/mol. The lowest BCUT2D eigenvalue weighted by Gasteiger charge is -2.40. The predicted octanol–water partition coefficient (Wildman–Crippen LogP) is 5.63. The number of thiazole rings is 1. The number of fused-ring (bicyclic) bond motifs is 1. The van der Waals surface area contributed by atoms with Crippen molar-refractivity contribution in [1.82, 2.24) is 19.5 Å². The van der Waals surface area contributed by atoms with Crippen LogP contribution in [-0.2, 0) is 0 Å². The van der Waals surface area contributed by atoms with E-state index in [1.807, 2.05) is 24.3 Å². The van der Waals surface area contributed by atoms with Gasteiger partial charge in [-0.1, -0.05) is 58.8 Å². The monoisotopic (exact) mass is 505 g/mol. The highest BCUT2D eigenvalue weighted by Gasteiger charge is 2.32. The first kappa shape index (κ1) is 22.2. The van der Waals surface area contributed by atoms with E-state index < -0.39 is 0 Å². The summed E-state index contributed by atoms with van der Waals surface area (Å²) in [5.41, 5.74) is 3.47. The maximum Gasteiger partial charge on any atom is 0.230 e. The second-order valence-electron chi connectivity index (χ2n) is 8.71. The second-order valence-corrected chi connectivity index (χ2v) is 10.2. The number of piperazine rings is 1. The van der Waals surface area contributed by atoms with E-state index in [1.54, 1.807) is 12.3 Å². The molecule has 0 radical (unpaired) electrons. The number of hydrogen-bond acceptors (Lipinski definition) is 7. The van der Waals surface area contributed by atoms with E-state index in [-0.39, 0.29) is 11.9 Å². The van der Waals surface area contributed by atoms with Crippen molar-refractivity contribution in [1.29, 1.82) is 0 Å². The third kappa shape index (κ3) is 4.18. The summed E-state index contributed by atoms with van der Waals surface area (Å²) in [5, 5.41) is 16.5. The normalized spacial score (nSPS) is 15.7. The summed E-state index contributed by atoms with van der Waals surface area (Å²) in [6.45, 7) is 5.50. The lowest BCUT2D eigenvalue weighted by atomic mass is 10.0. The molecule has 1 saturated heterocycles. The van der Waals surface area contributed by atoms with E-state index in [1.165, 1.54) is 21.4 Å². The third-order valence-electron chi connectivity index (χ3n) is 6.44. The average Bonchev–Trinajstić information content (AvgIpc) is 3.60. The molecule has 35 heavy (non-hydrogen) atoms. The van der Waals surface area contributed by atoms with Crippen LogP contribution in [-0.4, -0.2) is 50.8 Å². The molecule has 7 nitrogen and oxygen atoms in total. The van der Waals surface area contributed by atoms with Crippen molar-refractivity contribution in [2.75, 3.05) is 31.1 Å². The van der Waals surface area contributed by atoms with Crippen molar-refractivity contribution in [3.63, 3.8) is 0 Å². The lowest BCUT2D eigenvalue weighted by Crippen LogP contribution is -2.47. The third-order valence-corrected chi connectivity index (χ3v) is 7.74. The molecule has 9 heteroatoms. The van der Waals surface area contributed by atoms with Gasteiger partial charge in [-0.2, -0.15) is 9.50 Å². The summed E-state index contributed by atoms with van der Waals surface area (Å²) in [4.78, 5) is 10.9. The molecule has 0 aliphatic carbocycles. The summed E-state index contributed by atoms with van der Waals surface area (Å²) in [6.07, 6.45) is 1.59. The predicted molar refractivity (Wildman–Crippen MR) is 138 cm³/mol. The molecule has 1 atom stereocenters. The summed E-state index contributed by atoms with van der Waals surface area (Å²) >= 11 is 7.69. The van der Waals surface area contributed by atoms with Gasteiger partial charge in [0.2, 0.25) is 16.7 Å². The van der Waals surface area contributed by atoms with Gasteiger partial charge in [-0.25, -0.2) is 0 Å². The molecule has 2 aromatic carbocycles. The smallest absolute Gasteiger partial charge is 0.230 e. The highest BCUT2D eigenvalue weighted by atomic mass is 35.5. The van der Waals surface area contributed by atoms with Gasteiger partial charge in [0.25, 0.3) is 0 Å². The van der Waals surface area contributed by atoms with Crippen LogP contribution in [0.3, 0.4) is 0 Å². The molecule has 0 saturated carbocycles. The van der Waals surface area contributed by atoms with Gasteiger partial charge < -0.3 is 14.4 Å². The van der Waals surface area contributed by atoms with E-state index in [4.69, 9.17) is 16.0 Å². The van der Waals surface area contributed by atoms with Crippen LogP contribution < -0.4 is 4.90 Å². The number of anilines is 1. The fourth-order valence-electron chi connectivity index (χ4n) is 4.63. The minimum absolute atomic E-state index is 0.0994. The summed E-state index contributed by atoms with van der Waals surface area (Å²) < 4.78 is 6.94. The number of furan rings is 1. The molecule has 0 spiro atoms. The molecule has 1 fully saturated rings. The molecule has 1 N–H and O–H groups in total. The highest BCUT2D eigenvalue weighted by molar-refractivity contribution is 7.17. The molecule has 1 aliphatic rings.